The first kappa shape index (κ1) is 20.1. The van der Waals surface area contributed by atoms with Crippen molar-refractivity contribution in [3.05, 3.63) is 85.0 Å². The van der Waals surface area contributed by atoms with Gasteiger partial charge in [-0.3, -0.25) is 25.0 Å². The van der Waals surface area contributed by atoms with Crippen LogP contribution < -0.4 is 0 Å². The van der Waals surface area contributed by atoms with E-state index in [-0.39, 0.29) is 21.7 Å². The van der Waals surface area contributed by atoms with Crippen LogP contribution in [0.2, 0.25) is 0 Å². The van der Waals surface area contributed by atoms with E-state index >= 15 is 0 Å². The van der Waals surface area contributed by atoms with Crippen molar-refractivity contribution >= 4 is 58.1 Å². The van der Waals surface area contributed by atoms with Crippen LogP contribution >= 0.6 is 24.0 Å². The summed E-state index contributed by atoms with van der Waals surface area (Å²) in [4.78, 5) is 32.8. The van der Waals surface area contributed by atoms with Gasteiger partial charge in [-0.25, -0.2) is 0 Å². The van der Waals surface area contributed by atoms with Gasteiger partial charge in [-0.15, -0.1) is 0 Å². The largest absolute Gasteiger partial charge is 0.433 e. The number of hydrogen-bond donors (Lipinski definition) is 0. The van der Waals surface area contributed by atoms with Gasteiger partial charge in [0.25, 0.3) is 11.6 Å². The third-order valence-corrected chi connectivity index (χ3v) is 4.80. The number of amides is 1. The molecule has 0 radical (unpaired) electrons. The van der Waals surface area contributed by atoms with E-state index < -0.39 is 15.8 Å². The molecule has 0 spiro atoms. The van der Waals surface area contributed by atoms with Crippen molar-refractivity contribution in [2.75, 3.05) is 0 Å². The second-order valence-electron chi connectivity index (χ2n) is 5.40. The zero-order valence-electron chi connectivity index (χ0n) is 14.3. The van der Waals surface area contributed by atoms with E-state index in [2.05, 4.69) is 5.10 Å². The van der Waals surface area contributed by atoms with Crippen molar-refractivity contribution in [3.63, 3.8) is 0 Å². The average Bonchev–Trinajstić information content (AvgIpc) is 3.26. The summed E-state index contributed by atoms with van der Waals surface area (Å²) in [6, 6.07) is 8.32. The van der Waals surface area contributed by atoms with Crippen molar-refractivity contribution in [3.8, 4) is 0 Å². The summed E-state index contributed by atoms with van der Waals surface area (Å²) in [6.07, 6.45) is 5.85. The number of hydrazone groups is 1. The van der Waals surface area contributed by atoms with Gasteiger partial charge in [-0.05, 0) is 48.1 Å². The Kier molecular flexibility index (Phi) is 5.95. The van der Waals surface area contributed by atoms with E-state index in [0.29, 0.717) is 10.5 Å². The van der Waals surface area contributed by atoms with E-state index in [1.54, 1.807) is 0 Å². The third kappa shape index (κ3) is 4.80. The molecule has 10 nitrogen and oxygen atoms in total. The van der Waals surface area contributed by atoms with Crippen LogP contribution in [0.4, 0.5) is 11.6 Å². The summed E-state index contributed by atoms with van der Waals surface area (Å²) in [5.74, 6) is -0.551. The Balaban J connectivity index is 1.68. The molecule has 2 aromatic rings. The van der Waals surface area contributed by atoms with E-state index in [9.17, 15) is 25.0 Å². The van der Waals surface area contributed by atoms with Crippen molar-refractivity contribution in [2.24, 2.45) is 5.10 Å². The second kappa shape index (κ2) is 8.58. The summed E-state index contributed by atoms with van der Waals surface area (Å²) < 4.78 is 5.20. The molecule has 0 bridgehead atoms. The summed E-state index contributed by atoms with van der Waals surface area (Å²) >= 11 is 6.19. The first-order valence-corrected chi connectivity index (χ1v) is 9.05. The maximum absolute atomic E-state index is 12.4. The Hall–Kier alpha value is -3.64. The highest BCUT2D eigenvalue weighted by molar-refractivity contribution is 8.26. The van der Waals surface area contributed by atoms with Crippen LogP contribution in [0.5, 0.6) is 0 Å². The van der Waals surface area contributed by atoms with Crippen molar-refractivity contribution in [1.29, 1.82) is 0 Å². The molecule has 29 heavy (non-hydrogen) atoms. The number of thioether (sulfide) groups is 1. The van der Waals surface area contributed by atoms with Crippen LogP contribution in [0.15, 0.2) is 63.0 Å². The first-order valence-electron chi connectivity index (χ1n) is 7.82. The van der Waals surface area contributed by atoms with Crippen LogP contribution in [-0.4, -0.2) is 31.3 Å². The number of carbonyl (C=O) groups is 1. The Bertz CT molecular complexity index is 1090. The Morgan fingerprint density at radius 1 is 1.10 bits per heavy atom. The fraction of sp³-hybridized carbons (Fsp3) is 0. The lowest BCUT2D eigenvalue weighted by molar-refractivity contribution is -0.402. The van der Waals surface area contributed by atoms with Gasteiger partial charge < -0.3 is 4.42 Å². The minimum absolute atomic E-state index is 0.0515. The number of non-ortho nitro benzene ring substituents is 1. The standard InChI is InChI=1S/C17H10N4O6S2/c22-16-14(3-1-2-13-8-9-15(27-13)21(25)26)29-17(28)19(16)18-10-11-4-6-12(7-5-11)20(23)24/h1-10H/b2-1+,14-3+,18-10+. The molecule has 146 valence electrons. The number of carbonyl (C=O) groups excluding carboxylic acids is 1. The SMILES string of the molecule is O=C1/C(=C\C=C\c2ccc([N+](=O)[O-])o2)SC(=S)N1/N=C/c1ccc([N+](=O)[O-])cc1. The molecule has 1 aliphatic rings. The molecule has 2 heterocycles. The minimum Gasteiger partial charge on any atom is -0.401 e. The van der Waals surface area contributed by atoms with Crippen molar-refractivity contribution in [1.82, 2.24) is 5.01 Å². The van der Waals surface area contributed by atoms with Gasteiger partial charge in [0.05, 0.1) is 22.1 Å². The van der Waals surface area contributed by atoms with E-state index in [1.165, 1.54) is 60.8 Å². The average molecular weight is 430 g/mol. The number of allylic oxidation sites excluding steroid dienone is 2. The van der Waals surface area contributed by atoms with Crippen molar-refractivity contribution in [2.45, 2.75) is 0 Å². The molecule has 0 saturated carbocycles. The number of rotatable bonds is 6. The van der Waals surface area contributed by atoms with Gasteiger partial charge in [0.15, 0.2) is 4.32 Å². The smallest absolute Gasteiger partial charge is 0.401 e. The first-order chi connectivity index (χ1) is 13.8. The summed E-state index contributed by atoms with van der Waals surface area (Å²) in [5, 5.41) is 26.3. The molecule has 0 unspecified atom stereocenters. The second-order valence-corrected chi connectivity index (χ2v) is 7.08. The van der Waals surface area contributed by atoms with Crippen LogP contribution in [-0.2, 0) is 4.79 Å². The maximum atomic E-state index is 12.4. The predicted octanol–water partition coefficient (Wildman–Crippen LogP) is 3.89. The molecule has 1 fully saturated rings. The number of nitrogens with zero attached hydrogens (tertiary/aromatic N) is 4. The Morgan fingerprint density at radius 2 is 1.83 bits per heavy atom. The highest BCUT2D eigenvalue weighted by Crippen LogP contribution is 2.31. The van der Waals surface area contributed by atoms with Gasteiger partial charge in [-0.1, -0.05) is 17.8 Å². The predicted molar refractivity (Wildman–Crippen MR) is 110 cm³/mol. The lowest BCUT2D eigenvalue weighted by Gasteiger charge is -2.05. The highest BCUT2D eigenvalue weighted by Gasteiger charge is 2.31. The normalized spacial score (nSPS) is 15.9. The molecule has 3 rings (SSSR count). The summed E-state index contributed by atoms with van der Waals surface area (Å²) in [5.41, 5.74) is 0.511. The number of furan rings is 1. The van der Waals surface area contributed by atoms with Gasteiger partial charge in [0, 0.05) is 12.1 Å². The van der Waals surface area contributed by atoms with E-state index in [0.717, 1.165) is 16.8 Å². The fourth-order valence-electron chi connectivity index (χ4n) is 2.14. The molecule has 1 amide bonds. The van der Waals surface area contributed by atoms with E-state index in [4.69, 9.17) is 16.6 Å². The molecule has 12 heteroatoms. The fourth-order valence-corrected chi connectivity index (χ4v) is 3.26. The quantitative estimate of drug-likeness (QED) is 0.222. The lowest BCUT2D eigenvalue weighted by Crippen LogP contribution is -2.22. The van der Waals surface area contributed by atoms with Crippen LogP contribution in [0, 0.1) is 20.2 Å². The van der Waals surface area contributed by atoms with Gasteiger partial charge in [-0.2, -0.15) is 10.1 Å². The molecule has 1 aliphatic heterocycles. The molecular weight excluding hydrogens is 420 g/mol. The summed E-state index contributed by atoms with van der Waals surface area (Å²) in [6.45, 7) is 0. The molecule has 0 N–H and O–H groups in total. The van der Waals surface area contributed by atoms with Gasteiger partial charge >= 0.3 is 5.88 Å². The Morgan fingerprint density at radius 3 is 2.45 bits per heavy atom. The molecule has 0 atom stereocenters. The number of hydrogen-bond acceptors (Lipinski definition) is 9. The zero-order valence-corrected chi connectivity index (χ0v) is 16.0. The minimum atomic E-state index is -0.647. The van der Waals surface area contributed by atoms with E-state index in [1.807, 2.05) is 0 Å². The number of nitro groups is 2. The number of benzene rings is 1. The lowest BCUT2D eigenvalue weighted by atomic mass is 10.2. The van der Waals surface area contributed by atoms with Crippen LogP contribution in [0.3, 0.4) is 0 Å². The number of thiocarbonyl (C=S) groups is 1. The zero-order chi connectivity index (χ0) is 21.0. The summed E-state index contributed by atoms with van der Waals surface area (Å²) in [7, 11) is 0. The molecule has 1 aromatic carbocycles. The molecular formula is C17H10N4O6S2. The molecule has 1 aromatic heterocycles. The number of nitro benzene ring substituents is 1. The molecule has 1 saturated heterocycles. The van der Waals surface area contributed by atoms with Crippen LogP contribution in [0.25, 0.3) is 6.08 Å². The Labute approximate surface area is 172 Å². The van der Waals surface area contributed by atoms with Gasteiger partial charge in [0.2, 0.25) is 0 Å². The van der Waals surface area contributed by atoms with Gasteiger partial charge in [0.1, 0.15) is 10.7 Å². The van der Waals surface area contributed by atoms with Crippen molar-refractivity contribution < 1.29 is 19.1 Å². The molecule has 0 aliphatic carbocycles. The topological polar surface area (TPSA) is 132 Å². The monoisotopic (exact) mass is 430 g/mol. The van der Waals surface area contributed by atoms with Crippen LogP contribution in [0.1, 0.15) is 11.3 Å². The maximum Gasteiger partial charge on any atom is 0.433 e. The highest BCUT2D eigenvalue weighted by atomic mass is 32.2. The third-order valence-electron chi connectivity index (χ3n) is 3.50.